The molecule has 2 atom stereocenters. The molecule has 0 N–H and O–H groups in total. The fraction of sp³-hybridized carbons (Fsp3) is 0.321. The van der Waals surface area contributed by atoms with E-state index in [1.807, 2.05) is 0 Å². The smallest absolute Gasteiger partial charge is 0.134 e. The number of fused-ring (bicyclic) bond motifs is 5. The molecule has 0 bridgehead atoms. The Balaban J connectivity index is 1.08. The van der Waals surface area contributed by atoms with Gasteiger partial charge < -0.3 is 0 Å². The molecule has 14 heteroatoms. The van der Waals surface area contributed by atoms with Gasteiger partial charge in [-0.2, -0.15) is 17.5 Å². The van der Waals surface area contributed by atoms with Gasteiger partial charge in [-0.1, -0.05) is 91.2 Å². The van der Waals surface area contributed by atoms with Gasteiger partial charge in [0.25, 0.3) is 0 Å². The molecule has 0 aliphatic heterocycles. The Bertz CT molecular complexity index is 3100. The summed E-state index contributed by atoms with van der Waals surface area (Å²) in [5.74, 6) is 0.438. The van der Waals surface area contributed by atoms with Crippen LogP contribution in [0.15, 0.2) is 83.6 Å². The highest BCUT2D eigenvalue weighted by molar-refractivity contribution is 7.26. The summed E-state index contributed by atoms with van der Waals surface area (Å²) < 4.78 is 53.7. The molecule has 0 radical (unpaired) electrons. The lowest BCUT2D eigenvalue weighted by Gasteiger charge is -2.37. The first-order valence-electron chi connectivity index (χ1n) is 23.3. The summed E-state index contributed by atoms with van der Waals surface area (Å²) in [5, 5.41) is 4.17. The number of rotatable bonds is 18. The molecule has 67 heavy (non-hydrogen) atoms. The van der Waals surface area contributed by atoms with E-state index >= 15 is 8.78 Å². The zero-order valence-electron chi connectivity index (χ0n) is 37.6. The first-order valence-corrected chi connectivity index (χ1v) is 29.8. The number of nitrogens with zero attached hydrogens (tertiary/aromatic N) is 4. The minimum atomic E-state index is -0.326. The minimum absolute atomic E-state index is 0.281. The second kappa shape index (κ2) is 19.1. The number of benzene rings is 2. The molecular weight excluding hydrogens is 987 g/mol. The third-order valence-electron chi connectivity index (χ3n) is 13.8. The SMILES string of the molecule is CCCCC(CC)CC1(CC(CC)CCCC)c2cc(-c3c(F)cc(-c4ccc(-c5cccs5)s4)c4nsnc34)sc2-c2sc(-c3c(F)cc(-c4ccc(-c5cccs5)s4)c4nsnc34)cc21. The average molecular weight is 1040 g/mol. The van der Waals surface area contributed by atoms with E-state index in [0.717, 1.165) is 126 Å². The van der Waals surface area contributed by atoms with Crippen LogP contribution in [-0.2, 0) is 5.41 Å². The molecule has 0 amide bonds. The third-order valence-corrected chi connectivity index (χ3v) is 21.7. The van der Waals surface area contributed by atoms with E-state index in [9.17, 15) is 0 Å². The van der Waals surface area contributed by atoms with Gasteiger partial charge in [-0.05, 0) is 107 Å². The van der Waals surface area contributed by atoms with Crippen molar-refractivity contribution in [2.24, 2.45) is 11.8 Å². The van der Waals surface area contributed by atoms with Crippen molar-refractivity contribution in [2.45, 2.75) is 97.3 Å². The number of hydrogen-bond donors (Lipinski definition) is 0. The molecule has 2 unspecified atom stereocenters. The van der Waals surface area contributed by atoms with Gasteiger partial charge in [0.15, 0.2) is 0 Å². The van der Waals surface area contributed by atoms with Gasteiger partial charge in [0.05, 0.1) is 34.6 Å². The number of thiophene rings is 6. The van der Waals surface area contributed by atoms with Gasteiger partial charge in [0.1, 0.15) is 33.7 Å². The zero-order chi connectivity index (χ0) is 45.8. The van der Waals surface area contributed by atoms with Gasteiger partial charge in [-0.15, -0.1) is 68.0 Å². The highest BCUT2D eigenvalue weighted by Gasteiger charge is 2.48. The fourth-order valence-corrected chi connectivity index (χ4v) is 18.0. The first-order chi connectivity index (χ1) is 32.8. The van der Waals surface area contributed by atoms with Gasteiger partial charge >= 0.3 is 0 Å². The van der Waals surface area contributed by atoms with Gasteiger partial charge in [0, 0.05) is 65.3 Å². The van der Waals surface area contributed by atoms with Crippen LogP contribution in [0.25, 0.3) is 93.1 Å². The van der Waals surface area contributed by atoms with Crippen molar-refractivity contribution in [3.63, 3.8) is 0 Å². The second-order valence-electron chi connectivity index (χ2n) is 17.8. The van der Waals surface area contributed by atoms with E-state index in [1.54, 1.807) is 80.2 Å². The zero-order valence-corrected chi connectivity index (χ0v) is 44.2. The summed E-state index contributed by atoms with van der Waals surface area (Å²) in [4.78, 5) is 10.8. The topological polar surface area (TPSA) is 51.6 Å². The van der Waals surface area contributed by atoms with Crippen molar-refractivity contribution in [1.29, 1.82) is 0 Å². The van der Waals surface area contributed by atoms with Crippen LogP contribution in [-0.4, -0.2) is 17.5 Å². The summed E-state index contributed by atoms with van der Waals surface area (Å²) >= 11 is 12.4. The maximum Gasteiger partial charge on any atom is 0.134 e. The molecule has 0 saturated heterocycles. The highest BCUT2D eigenvalue weighted by Crippen LogP contribution is 2.64. The van der Waals surface area contributed by atoms with Gasteiger partial charge in [-0.3, -0.25) is 0 Å². The van der Waals surface area contributed by atoms with Crippen LogP contribution in [0.5, 0.6) is 0 Å². The van der Waals surface area contributed by atoms with Crippen LogP contribution in [0.1, 0.15) is 103 Å². The highest BCUT2D eigenvalue weighted by atomic mass is 32.1. The Kier molecular flexibility index (Phi) is 13.0. The van der Waals surface area contributed by atoms with Crippen LogP contribution >= 0.6 is 91.5 Å². The Hall–Kier alpha value is -3.86. The maximum absolute atomic E-state index is 17.2. The average Bonchev–Trinajstić information content (AvgIpc) is 4.19. The monoisotopic (exact) mass is 1030 g/mol. The summed E-state index contributed by atoms with van der Waals surface area (Å²) in [6.45, 7) is 9.26. The predicted octanol–water partition coefficient (Wildman–Crippen LogP) is 19.8. The van der Waals surface area contributed by atoms with E-state index in [1.165, 1.54) is 43.5 Å². The standard InChI is InChI=1S/C53H48F2N4S8/c1-5-9-13-29(7-3)27-53(28-30(8-4)14-10-6-2)33-25-43(45-35(54)23-31(47-49(45)58-66-56-47)37-17-19-41(62-37)39-15-11-21-60-39)64-51(33)52-34(53)26-44(65-52)46-36(55)24-32(48-50(46)59-67-57-48)38-18-20-42(63-38)40-16-12-22-61-40/h11-12,15-26,29-30H,5-10,13-14,27-28H2,1-4H3. The molecule has 0 fully saturated rings. The van der Waals surface area contributed by atoms with Gasteiger partial charge in [-0.25, -0.2) is 8.78 Å². The van der Waals surface area contributed by atoms with E-state index in [0.29, 0.717) is 34.0 Å². The van der Waals surface area contributed by atoms with Gasteiger partial charge in [0.2, 0.25) is 0 Å². The molecule has 10 aromatic rings. The van der Waals surface area contributed by atoms with Crippen LogP contribution in [0.3, 0.4) is 0 Å². The lowest BCUT2D eigenvalue weighted by Crippen LogP contribution is -2.31. The van der Waals surface area contributed by atoms with Crippen LogP contribution in [0.4, 0.5) is 8.78 Å². The number of hydrogen-bond acceptors (Lipinski definition) is 12. The lowest BCUT2D eigenvalue weighted by molar-refractivity contribution is 0.266. The van der Waals surface area contributed by atoms with E-state index in [-0.39, 0.29) is 17.0 Å². The number of halogens is 2. The van der Waals surface area contributed by atoms with E-state index in [2.05, 4.69) is 99.1 Å². The molecule has 8 heterocycles. The Labute approximate surface area is 422 Å². The first kappa shape index (κ1) is 45.6. The molecular formula is C53H48F2N4S8. The normalized spacial score (nSPS) is 14.1. The third kappa shape index (κ3) is 8.14. The molecule has 0 saturated carbocycles. The van der Waals surface area contributed by atoms with Crippen LogP contribution < -0.4 is 0 Å². The summed E-state index contributed by atoms with van der Waals surface area (Å²) in [6.07, 6.45) is 11.2. The van der Waals surface area contributed by atoms with Crippen molar-refractivity contribution in [3.05, 3.63) is 106 Å². The summed E-state index contributed by atoms with van der Waals surface area (Å²) in [6, 6.07) is 24.8. The Morgan fingerprint density at radius 1 is 0.493 bits per heavy atom. The molecule has 2 aromatic carbocycles. The largest absolute Gasteiger partial charge is 0.206 e. The van der Waals surface area contributed by atoms with Crippen molar-refractivity contribution in [1.82, 2.24) is 17.5 Å². The van der Waals surface area contributed by atoms with Crippen LogP contribution in [0, 0.1) is 23.5 Å². The Morgan fingerprint density at radius 2 is 0.925 bits per heavy atom. The number of unbranched alkanes of at least 4 members (excludes halogenated alkanes) is 2. The predicted molar refractivity (Wildman–Crippen MR) is 290 cm³/mol. The van der Waals surface area contributed by atoms with Crippen molar-refractivity contribution in [3.8, 4) is 71.0 Å². The number of aromatic nitrogens is 4. The lowest BCUT2D eigenvalue weighted by atomic mass is 9.65. The maximum atomic E-state index is 17.2. The van der Waals surface area contributed by atoms with Crippen LogP contribution in [0.2, 0.25) is 0 Å². The summed E-state index contributed by atoms with van der Waals surface area (Å²) in [5.41, 5.74) is 7.60. The molecule has 4 nitrogen and oxygen atoms in total. The molecule has 342 valence electrons. The fourth-order valence-electron chi connectivity index (χ4n) is 10.3. The van der Waals surface area contributed by atoms with E-state index in [4.69, 9.17) is 17.5 Å². The minimum Gasteiger partial charge on any atom is -0.206 e. The van der Waals surface area contributed by atoms with Crippen molar-refractivity contribution >= 4 is 114 Å². The molecule has 1 aliphatic carbocycles. The van der Waals surface area contributed by atoms with Crippen molar-refractivity contribution < 1.29 is 8.78 Å². The molecule has 11 rings (SSSR count). The van der Waals surface area contributed by atoms with Crippen molar-refractivity contribution in [2.75, 3.05) is 0 Å². The molecule has 0 spiro atoms. The second-order valence-corrected chi connectivity index (χ2v) is 25.0. The molecule has 8 aromatic heterocycles. The van der Waals surface area contributed by atoms with E-state index < -0.39 is 0 Å². The molecule has 1 aliphatic rings. The Morgan fingerprint density at radius 3 is 1.33 bits per heavy atom. The summed E-state index contributed by atoms with van der Waals surface area (Å²) in [7, 11) is 0. The quantitative estimate of drug-likeness (QED) is 0.0859.